The highest BCUT2D eigenvalue weighted by Gasteiger charge is 2.13. The molecule has 3 aromatic rings. The zero-order valence-corrected chi connectivity index (χ0v) is 17.3. The Morgan fingerprint density at radius 3 is 2.57 bits per heavy atom. The number of hydrogen-bond acceptors (Lipinski definition) is 7. The highest BCUT2D eigenvalue weighted by Crippen LogP contribution is 2.29. The number of hydrogen-bond donors (Lipinski definition) is 1. The van der Waals surface area contributed by atoms with Gasteiger partial charge in [-0.25, -0.2) is 4.79 Å². The van der Waals surface area contributed by atoms with Crippen LogP contribution in [0.3, 0.4) is 0 Å². The minimum absolute atomic E-state index is 0.188. The van der Waals surface area contributed by atoms with Crippen molar-refractivity contribution in [3.63, 3.8) is 0 Å². The van der Waals surface area contributed by atoms with E-state index in [0.717, 1.165) is 21.0 Å². The number of nitrogens with zero attached hydrogens (tertiary/aromatic N) is 2. The Morgan fingerprint density at radius 2 is 1.86 bits per heavy atom. The highest BCUT2D eigenvalue weighted by atomic mass is 32.2. The van der Waals surface area contributed by atoms with E-state index >= 15 is 0 Å². The Morgan fingerprint density at radius 1 is 1.11 bits per heavy atom. The monoisotopic (exact) mass is 413 g/mol. The lowest BCUT2D eigenvalue weighted by atomic mass is 10.0. The molecule has 1 N–H and O–H groups in total. The second-order valence-electron chi connectivity index (χ2n) is 6.05. The molecule has 0 atom stereocenters. The van der Waals surface area contributed by atoms with Crippen LogP contribution in [0.1, 0.15) is 37.4 Å². The Labute approximate surface area is 171 Å². The predicted octanol–water partition coefficient (Wildman–Crippen LogP) is 4.49. The number of benzene rings is 2. The van der Waals surface area contributed by atoms with E-state index in [1.165, 1.54) is 30.2 Å². The summed E-state index contributed by atoms with van der Waals surface area (Å²) in [6, 6.07) is 12.9. The fourth-order valence-electron chi connectivity index (χ4n) is 2.48. The summed E-state index contributed by atoms with van der Waals surface area (Å²) in [7, 11) is 1.36. The molecule has 1 aromatic heterocycles. The van der Waals surface area contributed by atoms with Crippen molar-refractivity contribution in [1.82, 2.24) is 10.2 Å². The summed E-state index contributed by atoms with van der Waals surface area (Å²) in [4.78, 5) is 23.9. The van der Waals surface area contributed by atoms with Crippen LogP contribution >= 0.6 is 23.1 Å². The minimum Gasteiger partial charge on any atom is -0.465 e. The van der Waals surface area contributed by atoms with Gasteiger partial charge in [0.25, 0.3) is 5.91 Å². The van der Waals surface area contributed by atoms with Crippen LogP contribution in [0.4, 0.5) is 5.13 Å². The minimum atomic E-state index is -0.354. The van der Waals surface area contributed by atoms with Gasteiger partial charge in [0.15, 0.2) is 4.34 Å². The van der Waals surface area contributed by atoms with Gasteiger partial charge in [0.05, 0.1) is 12.7 Å². The topological polar surface area (TPSA) is 81.2 Å². The van der Waals surface area contributed by atoms with Gasteiger partial charge in [-0.05, 0) is 48.7 Å². The molecular weight excluding hydrogens is 394 g/mol. The van der Waals surface area contributed by atoms with Crippen LogP contribution in [0.25, 0.3) is 0 Å². The van der Waals surface area contributed by atoms with Crippen molar-refractivity contribution >= 4 is 40.1 Å². The molecule has 0 unspecified atom stereocenters. The summed E-state index contributed by atoms with van der Waals surface area (Å²) in [5, 5.41) is 11.4. The second-order valence-corrected chi connectivity index (χ2v) is 8.25. The molecule has 2 aromatic carbocycles. The number of rotatable bonds is 6. The van der Waals surface area contributed by atoms with Crippen molar-refractivity contribution in [2.24, 2.45) is 0 Å². The average molecular weight is 414 g/mol. The van der Waals surface area contributed by atoms with Crippen molar-refractivity contribution in [3.8, 4) is 0 Å². The molecule has 0 saturated heterocycles. The number of thioether (sulfide) groups is 1. The largest absolute Gasteiger partial charge is 0.465 e. The zero-order chi connectivity index (χ0) is 20.1. The maximum Gasteiger partial charge on any atom is 0.337 e. The number of carbonyl (C=O) groups is 2. The maximum atomic E-state index is 12.5. The van der Waals surface area contributed by atoms with Gasteiger partial charge in [-0.15, -0.1) is 10.2 Å². The summed E-state index contributed by atoms with van der Waals surface area (Å²) < 4.78 is 5.45. The second kappa shape index (κ2) is 8.99. The smallest absolute Gasteiger partial charge is 0.337 e. The normalized spacial score (nSPS) is 10.5. The molecular formula is C20H19N3O3S2. The number of esters is 1. The van der Waals surface area contributed by atoms with E-state index in [9.17, 15) is 9.59 Å². The van der Waals surface area contributed by atoms with Crippen LogP contribution in [-0.4, -0.2) is 29.2 Å². The van der Waals surface area contributed by atoms with Crippen molar-refractivity contribution in [1.29, 1.82) is 0 Å². The third kappa shape index (κ3) is 4.76. The lowest BCUT2D eigenvalue weighted by Gasteiger charge is -2.07. The summed E-state index contributed by atoms with van der Waals surface area (Å²) in [6.07, 6.45) is 0. The quantitative estimate of drug-likeness (QED) is 0.364. The molecule has 0 saturated carbocycles. The molecule has 6 nitrogen and oxygen atoms in total. The standard InChI is InChI=1S/C20H19N3O3S2/c1-12-5-4-6-16(13(12)2)17(24)21-19-22-23-20(28-19)27-11-14-7-9-15(10-8-14)18(25)26-3/h4-10H,11H2,1-3H3,(H,21,22,24). The SMILES string of the molecule is COC(=O)c1ccc(CSc2nnc(NC(=O)c3cccc(C)c3C)s2)cc1. The summed E-state index contributed by atoms with van der Waals surface area (Å²) in [6.45, 7) is 3.90. The fourth-order valence-corrected chi connectivity index (χ4v) is 4.18. The molecule has 1 heterocycles. The van der Waals surface area contributed by atoms with Gasteiger partial charge >= 0.3 is 5.97 Å². The third-order valence-corrected chi connectivity index (χ3v) is 6.26. The molecule has 0 aliphatic heterocycles. The first-order valence-electron chi connectivity index (χ1n) is 8.49. The van der Waals surface area contributed by atoms with E-state index in [2.05, 4.69) is 15.5 Å². The van der Waals surface area contributed by atoms with E-state index < -0.39 is 0 Å². The van der Waals surface area contributed by atoms with E-state index in [1.54, 1.807) is 18.2 Å². The number of aryl methyl sites for hydroxylation is 1. The van der Waals surface area contributed by atoms with Crippen LogP contribution in [0, 0.1) is 13.8 Å². The van der Waals surface area contributed by atoms with Crippen molar-refractivity contribution in [3.05, 3.63) is 70.3 Å². The Kier molecular flexibility index (Phi) is 6.43. The van der Waals surface area contributed by atoms with Gasteiger partial charge in [0.1, 0.15) is 0 Å². The number of methoxy groups -OCH3 is 1. The average Bonchev–Trinajstić information content (AvgIpc) is 3.15. The first-order chi connectivity index (χ1) is 13.5. The summed E-state index contributed by atoms with van der Waals surface area (Å²) >= 11 is 2.85. The first kappa shape index (κ1) is 20.0. The van der Waals surface area contributed by atoms with E-state index in [-0.39, 0.29) is 11.9 Å². The number of carbonyl (C=O) groups excluding carboxylic acids is 2. The molecule has 8 heteroatoms. The third-order valence-electron chi connectivity index (χ3n) is 4.21. The van der Waals surface area contributed by atoms with Gasteiger partial charge in [0, 0.05) is 11.3 Å². The Hall–Kier alpha value is -2.71. The number of amides is 1. The van der Waals surface area contributed by atoms with Crippen LogP contribution in [0.15, 0.2) is 46.8 Å². The molecule has 0 aliphatic carbocycles. The maximum absolute atomic E-state index is 12.5. The highest BCUT2D eigenvalue weighted by molar-refractivity contribution is 8.00. The number of ether oxygens (including phenoxy) is 1. The molecule has 0 radical (unpaired) electrons. The van der Waals surface area contributed by atoms with Gasteiger partial charge in [-0.3, -0.25) is 10.1 Å². The van der Waals surface area contributed by atoms with Gasteiger partial charge in [0.2, 0.25) is 5.13 Å². The summed E-state index contributed by atoms with van der Waals surface area (Å²) in [5.74, 6) is 0.140. The molecule has 3 rings (SSSR count). The first-order valence-corrected chi connectivity index (χ1v) is 10.3. The van der Waals surface area contributed by atoms with Gasteiger partial charge in [-0.2, -0.15) is 0 Å². The van der Waals surface area contributed by atoms with E-state index in [1.807, 2.05) is 38.1 Å². The molecule has 0 fully saturated rings. The van der Waals surface area contributed by atoms with Crippen LogP contribution < -0.4 is 5.32 Å². The van der Waals surface area contributed by atoms with Crippen LogP contribution in [0.5, 0.6) is 0 Å². The fraction of sp³-hybridized carbons (Fsp3) is 0.200. The van der Waals surface area contributed by atoms with Crippen LogP contribution in [-0.2, 0) is 10.5 Å². The van der Waals surface area contributed by atoms with Crippen molar-refractivity contribution in [2.75, 3.05) is 12.4 Å². The molecule has 28 heavy (non-hydrogen) atoms. The molecule has 0 aliphatic rings. The lowest BCUT2D eigenvalue weighted by molar-refractivity contribution is 0.0600. The van der Waals surface area contributed by atoms with E-state index in [0.29, 0.717) is 22.0 Å². The lowest BCUT2D eigenvalue weighted by Crippen LogP contribution is -2.13. The van der Waals surface area contributed by atoms with Crippen molar-refractivity contribution < 1.29 is 14.3 Å². The molecule has 0 bridgehead atoms. The van der Waals surface area contributed by atoms with Gasteiger partial charge < -0.3 is 4.74 Å². The number of aromatic nitrogens is 2. The number of anilines is 1. The van der Waals surface area contributed by atoms with E-state index in [4.69, 9.17) is 4.74 Å². The Balaban J connectivity index is 1.59. The molecule has 1 amide bonds. The van der Waals surface area contributed by atoms with Crippen LogP contribution in [0.2, 0.25) is 0 Å². The summed E-state index contributed by atoms with van der Waals surface area (Å²) in [5.41, 5.74) is 4.22. The zero-order valence-electron chi connectivity index (χ0n) is 15.7. The molecule has 0 spiro atoms. The Bertz CT molecular complexity index is 1000. The van der Waals surface area contributed by atoms with Crippen molar-refractivity contribution in [2.45, 2.75) is 23.9 Å². The predicted molar refractivity (Wildman–Crippen MR) is 111 cm³/mol. The number of nitrogens with one attached hydrogen (secondary N) is 1. The van der Waals surface area contributed by atoms with Gasteiger partial charge in [-0.1, -0.05) is 47.4 Å². The molecule has 144 valence electrons.